The third-order valence-corrected chi connectivity index (χ3v) is 4.95. The van der Waals surface area contributed by atoms with Crippen molar-refractivity contribution in [2.24, 2.45) is 0 Å². The number of carbonyl (C=O) groups is 1. The zero-order valence-electron chi connectivity index (χ0n) is 15.1. The highest BCUT2D eigenvalue weighted by molar-refractivity contribution is 6.04. The highest BCUT2D eigenvalue weighted by Crippen LogP contribution is 2.21. The molecule has 3 heterocycles. The van der Waals surface area contributed by atoms with E-state index >= 15 is 0 Å². The Labute approximate surface area is 160 Å². The lowest BCUT2D eigenvalue weighted by Crippen LogP contribution is -2.45. The Bertz CT molecular complexity index is 1130. The number of fused-ring (bicyclic) bond motifs is 1. The Morgan fingerprint density at radius 3 is 2.68 bits per heavy atom. The van der Waals surface area contributed by atoms with Gasteiger partial charge in [-0.15, -0.1) is 0 Å². The van der Waals surface area contributed by atoms with E-state index in [1.807, 2.05) is 0 Å². The van der Waals surface area contributed by atoms with Gasteiger partial charge in [-0.2, -0.15) is 10.4 Å². The van der Waals surface area contributed by atoms with Gasteiger partial charge in [-0.25, -0.2) is 10.1 Å². The van der Waals surface area contributed by atoms with E-state index in [9.17, 15) is 14.9 Å². The van der Waals surface area contributed by atoms with E-state index in [4.69, 9.17) is 0 Å². The predicted octanol–water partition coefficient (Wildman–Crippen LogP) is 1.59. The Balaban J connectivity index is 1.46. The summed E-state index contributed by atoms with van der Waals surface area (Å²) in [5.74, 6) is 0.379. The van der Waals surface area contributed by atoms with Crippen molar-refractivity contribution in [3.8, 4) is 6.07 Å². The molecular weight excluding hydrogens is 356 g/mol. The van der Waals surface area contributed by atoms with Crippen LogP contribution in [0.5, 0.6) is 0 Å². The fraction of sp³-hybridized carbons (Fsp3) is 0.250. The smallest absolute Gasteiger partial charge is 0.272 e. The molecule has 1 amide bonds. The molecule has 1 aromatic carbocycles. The zero-order valence-corrected chi connectivity index (χ0v) is 15.1. The van der Waals surface area contributed by atoms with E-state index in [2.05, 4.69) is 31.5 Å². The Hall–Kier alpha value is -3.73. The summed E-state index contributed by atoms with van der Waals surface area (Å²) in [6.07, 6.45) is 3.14. The van der Waals surface area contributed by atoms with Crippen molar-refractivity contribution in [2.75, 3.05) is 18.0 Å². The molecule has 0 saturated carbocycles. The number of benzene rings is 1. The number of carbonyl (C=O) groups excluding carboxylic acids is 1. The van der Waals surface area contributed by atoms with Crippen LogP contribution in [0, 0.1) is 11.3 Å². The second-order valence-electron chi connectivity index (χ2n) is 6.67. The van der Waals surface area contributed by atoms with E-state index in [1.54, 1.807) is 42.6 Å². The number of hydrogen-bond donors (Lipinski definition) is 2. The van der Waals surface area contributed by atoms with Crippen molar-refractivity contribution in [1.82, 2.24) is 20.5 Å². The number of nitrogens with zero attached hydrogens (tertiary/aromatic N) is 4. The second kappa shape index (κ2) is 7.48. The minimum absolute atomic E-state index is 0.00881. The molecule has 28 heavy (non-hydrogen) atoms. The van der Waals surface area contributed by atoms with Gasteiger partial charge >= 0.3 is 0 Å². The van der Waals surface area contributed by atoms with E-state index in [-0.39, 0.29) is 23.2 Å². The molecule has 0 atom stereocenters. The molecule has 2 N–H and O–H groups in total. The average molecular weight is 374 g/mol. The molecule has 8 nitrogen and oxygen atoms in total. The van der Waals surface area contributed by atoms with Gasteiger partial charge in [-0.1, -0.05) is 18.2 Å². The third-order valence-electron chi connectivity index (χ3n) is 4.95. The monoisotopic (exact) mass is 374 g/mol. The summed E-state index contributed by atoms with van der Waals surface area (Å²) in [5, 5.41) is 19.6. The number of anilines is 1. The largest absolute Gasteiger partial charge is 0.355 e. The van der Waals surface area contributed by atoms with Gasteiger partial charge in [0.1, 0.15) is 11.9 Å². The normalized spacial score (nSPS) is 14.6. The molecule has 4 rings (SSSR count). The van der Waals surface area contributed by atoms with Crippen LogP contribution in [0.3, 0.4) is 0 Å². The number of rotatable bonds is 3. The van der Waals surface area contributed by atoms with Gasteiger partial charge in [0, 0.05) is 30.7 Å². The molecule has 0 spiro atoms. The molecular formula is C20H18N6O2. The second-order valence-corrected chi connectivity index (χ2v) is 6.67. The fourth-order valence-corrected chi connectivity index (χ4v) is 3.51. The van der Waals surface area contributed by atoms with Crippen LogP contribution in [0.15, 0.2) is 47.4 Å². The molecule has 0 unspecified atom stereocenters. The first-order valence-electron chi connectivity index (χ1n) is 9.05. The molecule has 0 bridgehead atoms. The number of H-pyrrole nitrogens is 1. The van der Waals surface area contributed by atoms with Gasteiger partial charge in [-0.3, -0.25) is 9.59 Å². The molecule has 3 aromatic rings. The van der Waals surface area contributed by atoms with Gasteiger partial charge < -0.3 is 10.2 Å². The average Bonchev–Trinajstić information content (AvgIpc) is 2.74. The molecule has 2 aromatic heterocycles. The van der Waals surface area contributed by atoms with E-state index in [0.717, 1.165) is 12.8 Å². The van der Waals surface area contributed by atoms with Crippen LogP contribution < -0.4 is 15.8 Å². The number of nitriles is 1. The molecule has 0 aliphatic carbocycles. The van der Waals surface area contributed by atoms with Gasteiger partial charge in [-0.05, 0) is 31.0 Å². The number of nitrogens with one attached hydrogen (secondary N) is 2. The van der Waals surface area contributed by atoms with Crippen LogP contribution in [0.4, 0.5) is 5.82 Å². The molecule has 0 radical (unpaired) electrons. The first kappa shape index (κ1) is 17.7. The number of hydrogen-bond acceptors (Lipinski definition) is 6. The van der Waals surface area contributed by atoms with Crippen molar-refractivity contribution >= 4 is 22.5 Å². The van der Waals surface area contributed by atoms with Crippen LogP contribution in [-0.2, 0) is 0 Å². The van der Waals surface area contributed by atoms with Gasteiger partial charge in [0.15, 0.2) is 5.69 Å². The topological polar surface area (TPSA) is 115 Å². The highest BCUT2D eigenvalue weighted by atomic mass is 16.2. The molecule has 1 saturated heterocycles. The van der Waals surface area contributed by atoms with Crippen LogP contribution >= 0.6 is 0 Å². The zero-order chi connectivity index (χ0) is 19.5. The Kier molecular flexibility index (Phi) is 4.72. The standard InChI is InChI=1S/C20H18N6O2/c21-12-13-4-3-9-22-18(13)26-10-7-14(8-11-26)23-20(28)17-15-5-1-2-6-16(15)19(27)25-24-17/h1-6,9,14H,7-8,10-11H2,(H,23,28)(H,25,27). The molecule has 1 fully saturated rings. The number of pyridine rings is 1. The third kappa shape index (κ3) is 3.30. The lowest BCUT2D eigenvalue weighted by molar-refractivity contribution is 0.0927. The minimum Gasteiger partial charge on any atom is -0.355 e. The summed E-state index contributed by atoms with van der Waals surface area (Å²) in [5.41, 5.74) is 0.451. The quantitative estimate of drug-likeness (QED) is 0.719. The van der Waals surface area contributed by atoms with E-state index in [1.165, 1.54) is 0 Å². The summed E-state index contributed by atoms with van der Waals surface area (Å²) in [6.45, 7) is 1.38. The highest BCUT2D eigenvalue weighted by Gasteiger charge is 2.24. The van der Waals surface area contributed by atoms with E-state index < -0.39 is 0 Å². The van der Waals surface area contributed by atoms with Crippen LogP contribution in [0.1, 0.15) is 28.9 Å². The lowest BCUT2D eigenvalue weighted by Gasteiger charge is -2.33. The Morgan fingerprint density at radius 2 is 1.93 bits per heavy atom. The molecule has 1 aliphatic rings. The first-order valence-corrected chi connectivity index (χ1v) is 9.05. The molecule has 8 heteroatoms. The van der Waals surface area contributed by atoms with Gasteiger partial charge in [0.25, 0.3) is 11.5 Å². The number of aromatic nitrogens is 3. The maximum absolute atomic E-state index is 12.7. The van der Waals surface area contributed by atoms with Crippen LogP contribution in [-0.4, -0.2) is 40.2 Å². The summed E-state index contributed by atoms with van der Waals surface area (Å²) in [4.78, 5) is 31.0. The first-order chi connectivity index (χ1) is 13.7. The maximum Gasteiger partial charge on any atom is 0.272 e. The minimum atomic E-state index is -0.316. The van der Waals surface area contributed by atoms with Gasteiger partial charge in [0.2, 0.25) is 0 Å². The van der Waals surface area contributed by atoms with Crippen molar-refractivity contribution in [2.45, 2.75) is 18.9 Å². The van der Waals surface area contributed by atoms with Crippen molar-refractivity contribution in [3.63, 3.8) is 0 Å². The molecule has 1 aliphatic heterocycles. The van der Waals surface area contributed by atoms with Crippen LogP contribution in [0.25, 0.3) is 10.8 Å². The van der Waals surface area contributed by atoms with Gasteiger partial charge in [0.05, 0.1) is 10.9 Å². The fourth-order valence-electron chi connectivity index (χ4n) is 3.51. The van der Waals surface area contributed by atoms with Crippen molar-refractivity contribution < 1.29 is 4.79 Å². The number of amides is 1. The summed E-state index contributed by atoms with van der Waals surface area (Å²) >= 11 is 0. The number of aromatic amines is 1. The summed E-state index contributed by atoms with van der Waals surface area (Å²) < 4.78 is 0. The van der Waals surface area contributed by atoms with Crippen LogP contribution in [0.2, 0.25) is 0 Å². The lowest BCUT2D eigenvalue weighted by atomic mass is 10.0. The SMILES string of the molecule is N#Cc1cccnc1N1CCC(NC(=O)c2n[nH]c(=O)c3ccccc23)CC1. The summed E-state index contributed by atoms with van der Waals surface area (Å²) in [6, 6.07) is 12.6. The molecule has 140 valence electrons. The summed E-state index contributed by atoms with van der Waals surface area (Å²) in [7, 11) is 0. The number of piperidine rings is 1. The van der Waals surface area contributed by atoms with Crippen molar-refractivity contribution in [1.29, 1.82) is 5.26 Å². The Morgan fingerprint density at radius 1 is 1.18 bits per heavy atom. The van der Waals surface area contributed by atoms with E-state index in [0.29, 0.717) is 35.2 Å². The van der Waals surface area contributed by atoms with Crippen molar-refractivity contribution in [3.05, 3.63) is 64.2 Å². The predicted molar refractivity (Wildman–Crippen MR) is 104 cm³/mol. The maximum atomic E-state index is 12.7.